The summed E-state index contributed by atoms with van der Waals surface area (Å²) in [6, 6.07) is 20.4. The molecule has 4 amide bonds. The van der Waals surface area contributed by atoms with Crippen molar-refractivity contribution >= 4 is 12.1 Å². The quantitative estimate of drug-likeness (QED) is 0.225. The maximum Gasteiger partial charge on any atom is 0.329 e. The molecule has 0 aliphatic carbocycles. The van der Waals surface area contributed by atoms with Crippen molar-refractivity contribution in [2.45, 2.75) is 50.2 Å². The average Bonchev–Trinajstić information content (AvgIpc) is 3.08. The first-order valence-corrected chi connectivity index (χ1v) is 15.3. The average molecular weight is 611 g/mol. The first-order chi connectivity index (χ1) is 21.8. The summed E-state index contributed by atoms with van der Waals surface area (Å²) in [5, 5.41) is 12.4. The van der Waals surface area contributed by atoms with Crippen LogP contribution in [0.4, 0.5) is 18.4 Å². The van der Waals surface area contributed by atoms with Crippen molar-refractivity contribution in [3.8, 4) is 6.07 Å². The van der Waals surface area contributed by atoms with Gasteiger partial charge in [0.15, 0.2) is 11.6 Å². The Morgan fingerprint density at radius 3 is 2.47 bits per heavy atom. The summed E-state index contributed by atoms with van der Waals surface area (Å²) >= 11 is 0. The van der Waals surface area contributed by atoms with Crippen LogP contribution in [0.3, 0.4) is 0 Å². The summed E-state index contributed by atoms with van der Waals surface area (Å²) in [4.78, 5) is 36.4. The Hall–Kier alpha value is -4.80. The highest BCUT2D eigenvalue weighted by atomic mass is 19.2. The molecule has 0 spiro atoms. The molecule has 3 aromatic rings. The fraction of sp³-hybridized carbons (Fsp3) is 0.371. The second-order valence-corrected chi connectivity index (χ2v) is 11.6. The SMILES string of the molecule is [C-]#[N+]C1(c2ccccc2C#N)CCN(CCCNC(=O)N2C(=O)N([C@H](C)c3ccccc3)CCC2c2ccc(F)c(F)c2)CC1. The summed E-state index contributed by atoms with van der Waals surface area (Å²) < 4.78 is 27.9. The van der Waals surface area contributed by atoms with Gasteiger partial charge >= 0.3 is 12.1 Å². The molecule has 10 heteroatoms. The second kappa shape index (κ2) is 13.9. The zero-order valence-electron chi connectivity index (χ0n) is 25.3. The molecule has 2 heterocycles. The minimum Gasteiger partial charge on any atom is -0.338 e. The highest BCUT2D eigenvalue weighted by Crippen LogP contribution is 2.39. The van der Waals surface area contributed by atoms with Gasteiger partial charge in [0, 0.05) is 39.0 Å². The third kappa shape index (κ3) is 6.67. The van der Waals surface area contributed by atoms with Gasteiger partial charge in [-0.2, -0.15) is 5.26 Å². The van der Waals surface area contributed by atoms with Crippen LogP contribution in [0.25, 0.3) is 4.85 Å². The van der Waals surface area contributed by atoms with E-state index in [1.165, 1.54) is 6.07 Å². The minimum absolute atomic E-state index is 0.290. The van der Waals surface area contributed by atoms with Gasteiger partial charge in [0.25, 0.3) is 5.54 Å². The van der Waals surface area contributed by atoms with E-state index in [2.05, 4.69) is 21.1 Å². The summed E-state index contributed by atoms with van der Waals surface area (Å²) in [7, 11) is 0. The van der Waals surface area contributed by atoms with Crippen LogP contribution >= 0.6 is 0 Å². The van der Waals surface area contributed by atoms with Crippen LogP contribution in [0, 0.1) is 29.5 Å². The Kier molecular flexibility index (Phi) is 9.75. The number of hydrogen-bond donors (Lipinski definition) is 1. The van der Waals surface area contributed by atoms with E-state index in [4.69, 9.17) is 6.57 Å². The van der Waals surface area contributed by atoms with Crippen LogP contribution in [0.1, 0.15) is 66.9 Å². The van der Waals surface area contributed by atoms with Gasteiger partial charge in [-0.3, -0.25) is 0 Å². The number of rotatable bonds is 8. The van der Waals surface area contributed by atoms with E-state index in [9.17, 15) is 23.6 Å². The molecule has 2 aliphatic heterocycles. The number of nitrogens with zero attached hydrogens (tertiary/aromatic N) is 5. The number of hydrogen-bond acceptors (Lipinski definition) is 4. The van der Waals surface area contributed by atoms with E-state index in [0.29, 0.717) is 69.5 Å². The Morgan fingerprint density at radius 1 is 1.07 bits per heavy atom. The molecule has 0 aromatic heterocycles. The lowest BCUT2D eigenvalue weighted by Gasteiger charge is -2.43. The maximum atomic E-state index is 14.2. The lowest BCUT2D eigenvalue weighted by Crippen LogP contribution is -2.56. The van der Waals surface area contributed by atoms with Gasteiger partial charge in [0.2, 0.25) is 0 Å². The van der Waals surface area contributed by atoms with E-state index in [0.717, 1.165) is 28.2 Å². The number of imide groups is 1. The molecule has 0 radical (unpaired) electrons. The lowest BCUT2D eigenvalue weighted by molar-refractivity contribution is 0.0944. The normalized spacial score (nSPS) is 19.0. The number of nitriles is 1. The van der Waals surface area contributed by atoms with E-state index in [1.54, 1.807) is 11.0 Å². The number of benzene rings is 3. The number of amides is 4. The highest BCUT2D eigenvalue weighted by Gasteiger charge is 2.44. The van der Waals surface area contributed by atoms with Crippen molar-refractivity contribution in [1.82, 2.24) is 20.0 Å². The van der Waals surface area contributed by atoms with Gasteiger partial charge in [0.05, 0.1) is 29.3 Å². The first kappa shape index (κ1) is 31.6. The van der Waals surface area contributed by atoms with Crippen LogP contribution in [0.2, 0.25) is 0 Å². The molecule has 0 bridgehead atoms. The molecule has 2 aliphatic rings. The Labute approximate surface area is 262 Å². The molecule has 2 atom stereocenters. The van der Waals surface area contributed by atoms with Gasteiger partial charge in [0.1, 0.15) is 0 Å². The van der Waals surface area contributed by atoms with Crippen LogP contribution in [0.5, 0.6) is 0 Å². The molecule has 1 unspecified atom stereocenters. The molecule has 2 fully saturated rings. The number of carbonyl (C=O) groups excluding carboxylic acids is 2. The fourth-order valence-electron chi connectivity index (χ4n) is 6.45. The third-order valence-electron chi connectivity index (χ3n) is 9.08. The first-order valence-electron chi connectivity index (χ1n) is 15.3. The van der Waals surface area contributed by atoms with Crippen molar-refractivity contribution in [2.24, 2.45) is 0 Å². The number of urea groups is 2. The maximum absolute atomic E-state index is 14.2. The van der Waals surface area contributed by atoms with Gasteiger partial charge in [-0.25, -0.2) is 29.8 Å². The van der Waals surface area contributed by atoms with Crippen molar-refractivity contribution in [1.29, 1.82) is 5.26 Å². The fourth-order valence-corrected chi connectivity index (χ4v) is 6.45. The van der Waals surface area contributed by atoms with E-state index in [1.807, 2.05) is 55.5 Å². The molecule has 5 rings (SSSR count). The Morgan fingerprint density at radius 2 is 1.78 bits per heavy atom. The van der Waals surface area contributed by atoms with Gasteiger partial charge in [-0.05, 0) is 61.7 Å². The lowest BCUT2D eigenvalue weighted by atomic mass is 9.79. The molecule has 45 heavy (non-hydrogen) atoms. The number of halogens is 2. The second-order valence-electron chi connectivity index (χ2n) is 11.6. The van der Waals surface area contributed by atoms with Crippen molar-refractivity contribution in [2.75, 3.05) is 32.7 Å². The largest absolute Gasteiger partial charge is 0.338 e. The van der Waals surface area contributed by atoms with Crippen LogP contribution in [0.15, 0.2) is 72.8 Å². The highest BCUT2D eigenvalue weighted by molar-refractivity contribution is 5.95. The zero-order valence-corrected chi connectivity index (χ0v) is 25.3. The van der Waals surface area contributed by atoms with Crippen LogP contribution in [-0.4, -0.2) is 59.5 Å². The van der Waals surface area contributed by atoms with Crippen LogP contribution in [-0.2, 0) is 5.54 Å². The van der Waals surface area contributed by atoms with E-state index < -0.39 is 35.3 Å². The van der Waals surface area contributed by atoms with Crippen molar-refractivity contribution < 1.29 is 18.4 Å². The number of likely N-dealkylation sites (tertiary alicyclic amines) is 1. The number of carbonyl (C=O) groups is 2. The monoisotopic (exact) mass is 610 g/mol. The van der Waals surface area contributed by atoms with Gasteiger partial charge < -0.3 is 20.0 Å². The molecule has 8 nitrogen and oxygen atoms in total. The third-order valence-corrected chi connectivity index (χ3v) is 9.08. The van der Waals surface area contributed by atoms with Crippen LogP contribution < -0.4 is 5.32 Å². The standard InChI is InChI=1S/C35H36F2N6O2/c1-25(26-9-4-3-5-10-26)42-20-15-32(27-13-14-30(36)31(37)23-27)43(34(42)45)33(44)40-18-8-19-41-21-16-35(39-2,17-22-41)29-12-7-6-11-28(29)24-38/h3-7,9-14,23,25,32H,8,15-22H2,1H3,(H,40,44)/t25-,32?/m1/s1. The summed E-state index contributed by atoms with van der Waals surface area (Å²) in [6.45, 7) is 12.5. The summed E-state index contributed by atoms with van der Waals surface area (Å²) in [5.41, 5.74) is 1.89. The number of nitrogens with one attached hydrogen (secondary N) is 1. The smallest absolute Gasteiger partial charge is 0.329 e. The minimum atomic E-state index is -1.03. The van der Waals surface area contributed by atoms with Gasteiger partial charge in [-0.15, -0.1) is 0 Å². The predicted molar refractivity (Wildman–Crippen MR) is 166 cm³/mol. The molecular weight excluding hydrogens is 574 g/mol. The predicted octanol–water partition coefficient (Wildman–Crippen LogP) is 6.78. The zero-order chi connectivity index (χ0) is 32.0. The van der Waals surface area contributed by atoms with E-state index >= 15 is 0 Å². The Balaban J connectivity index is 1.22. The van der Waals surface area contributed by atoms with Crippen molar-refractivity contribution in [3.63, 3.8) is 0 Å². The van der Waals surface area contributed by atoms with E-state index in [-0.39, 0.29) is 6.04 Å². The Bertz CT molecular complexity index is 1610. The molecule has 0 saturated carbocycles. The molecule has 3 aromatic carbocycles. The molecule has 232 valence electrons. The molecule has 2 saturated heterocycles. The topological polar surface area (TPSA) is 84.0 Å². The van der Waals surface area contributed by atoms with Crippen molar-refractivity contribution in [3.05, 3.63) is 118 Å². The molecular formula is C35H36F2N6O2. The summed E-state index contributed by atoms with van der Waals surface area (Å²) in [5.74, 6) is -2.02. The number of piperidine rings is 1. The summed E-state index contributed by atoms with van der Waals surface area (Å²) in [6.07, 6.45) is 2.20. The molecule has 1 N–H and O–H groups in total. The van der Waals surface area contributed by atoms with Gasteiger partial charge in [-0.1, -0.05) is 48.5 Å².